The van der Waals surface area contributed by atoms with Crippen LogP contribution >= 0.6 is 0 Å². The molecule has 0 amide bonds. The molecule has 0 bridgehead atoms. The molecule has 0 spiro atoms. The lowest BCUT2D eigenvalue weighted by Gasteiger charge is -2.12. The number of nitrogens with zero attached hydrogens (tertiary/aromatic N) is 1. The summed E-state index contributed by atoms with van der Waals surface area (Å²) < 4.78 is 15.2. The Morgan fingerprint density at radius 1 is 1.07 bits per heavy atom. The van der Waals surface area contributed by atoms with Gasteiger partial charge in [-0.3, -0.25) is 0 Å². The first-order valence-electron chi connectivity index (χ1n) is 4.77. The van der Waals surface area contributed by atoms with Crippen molar-refractivity contribution in [3.05, 3.63) is 12.2 Å². The zero-order valence-corrected chi connectivity index (χ0v) is 10.8. The molecule has 0 radical (unpaired) electrons. The van der Waals surface area contributed by atoms with E-state index in [1.165, 1.54) is 0 Å². The van der Waals surface area contributed by atoms with Crippen molar-refractivity contribution in [2.75, 3.05) is 0 Å². The van der Waals surface area contributed by atoms with Gasteiger partial charge in [0.2, 0.25) is 0 Å². The van der Waals surface area contributed by atoms with E-state index in [0.717, 1.165) is 0 Å². The van der Waals surface area contributed by atoms with Crippen molar-refractivity contribution in [2.45, 2.75) is 46.3 Å². The highest BCUT2D eigenvalue weighted by molar-refractivity contribution is 7.85. The number of hydrogen-bond donors (Lipinski definition) is 0. The van der Waals surface area contributed by atoms with Crippen molar-refractivity contribution in [1.82, 2.24) is 0 Å². The fourth-order valence-electron chi connectivity index (χ4n) is 0.580. The number of allylic oxidation sites excluding steroid dienone is 2. The SMILES string of the molecule is CC(C)(C)C=CC=NS(=O)C(C)(C)C. The van der Waals surface area contributed by atoms with Crippen molar-refractivity contribution in [1.29, 1.82) is 0 Å². The zero-order valence-electron chi connectivity index (χ0n) is 10.00. The van der Waals surface area contributed by atoms with Crippen LogP contribution in [0.4, 0.5) is 0 Å². The maximum atomic E-state index is 11.5. The summed E-state index contributed by atoms with van der Waals surface area (Å²) in [5.41, 5.74) is 0.148. The quantitative estimate of drug-likeness (QED) is 0.651. The first-order valence-corrected chi connectivity index (χ1v) is 5.87. The van der Waals surface area contributed by atoms with E-state index in [0.29, 0.717) is 0 Å². The van der Waals surface area contributed by atoms with E-state index in [1.54, 1.807) is 6.21 Å². The van der Waals surface area contributed by atoms with Crippen LogP contribution in [0.25, 0.3) is 0 Å². The minimum absolute atomic E-state index is 0.148. The van der Waals surface area contributed by atoms with Crippen molar-refractivity contribution in [3.8, 4) is 0 Å². The highest BCUT2D eigenvalue weighted by atomic mass is 32.2. The van der Waals surface area contributed by atoms with Gasteiger partial charge in [-0.25, -0.2) is 4.21 Å². The molecule has 0 N–H and O–H groups in total. The molecule has 0 aliphatic carbocycles. The molecular weight excluding hydrogens is 194 g/mol. The standard InChI is InChI=1S/C11H21NOS/c1-10(2,3)8-7-9-12-14(13)11(4,5)6/h7-9H,1-6H3. The molecule has 1 unspecified atom stereocenters. The molecule has 0 aromatic carbocycles. The third kappa shape index (κ3) is 7.01. The Bertz CT molecular complexity index is 253. The van der Waals surface area contributed by atoms with E-state index in [-0.39, 0.29) is 10.2 Å². The van der Waals surface area contributed by atoms with Crippen molar-refractivity contribution in [2.24, 2.45) is 9.81 Å². The highest BCUT2D eigenvalue weighted by Crippen LogP contribution is 2.14. The number of hydrogen-bond acceptors (Lipinski definition) is 1. The van der Waals surface area contributed by atoms with Crippen LogP contribution in [0, 0.1) is 5.41 Å². The van der Waals surface area contributed by atoms with Crippen molar-refractivity contribution >= 4 is 17.2 Å². The molecular formula is C11H21NOS. The Labute approximate surface area is 90.1 Å². The van der Waals surface area contributed by atoms with Gasteiger partial charge in [-0.2, -0.15) is 4.40 Å². The van der Waals surface area contributed by atoms with E-state index < -0.39 is 11.0 Å². The Morgan fingerprint density at radius 3 is 1.93 bits per heavy atom. The predicted octanol–water partition coefficient (Wildman–Crippen LogP) is 3.12. The molecule has 0 heterocycles. The molecule has 0 aromatic rings. The van der Waals surface area contributed by atoms with Gasteiger partial charge in [-0.05, 0) is 32.3 Å². The smallest absolute Gasteiger partial charge is 0.144 e. The molecule has 0 aromatic heterocycles. The van der Waals surface area contributed by atoms with Gasteiger partial charge in [0.15, 0.2) is 0 Å². The van der Waals surface area contributed by atoms with Crippen LogP contribution in [0.3, 0.4) is 0 Å². The average molecular weight is 215 g/mol. The van der Waals surface area contributed by atoms with E-state index in [2.05, 4.69) is 25.2 Å². The third-order valence-corrected chi connectivity index (χ3v) is 2.72. The molecule has 0 rings (SSSR count). The molecule has 0 fully saturated rings. The Morgan fingerprint density at radius 2 is 1.57 bits per heavy atom. The second-order valence-corrected chi connectivity index (χ2v) is 7.28. The van der Waals surface area contributed by atoms with Gasteiger partial charge in [-0.1, -0.05) is 26.8 Å². The Balaban J connectivity index is 4.22. The maximum Gasteiger partial charge on any atom is 0.144 e. The molecule has 2 nitrogen and oxygen atoms in total. The fourth-order valence-corrected chi connectivity index (χ4v) is 1.08. The van der Waals surface area contributed by atoms with Crippen LogP contribution in [0.1, 0.15) is 41.5 Å². The third-order valence-electron chi connectivity index (χ3n) is 1.36. The van der Waals surface area contributed by atoms with Crippen LogP contribution < -0.4 is 0 Å². The number of rotatable bonds is 2. The summed E-state index contributed by atoms with van der Waals surface area (Å²) in [6.45, 7) is 12.1. The Hall–Kier alpha value is -0.440. The van der Waals surface area contributed by atoms with Gasteiger partial charge >= 0.3 is 0 Å². The Kier molecular flexibility index (Phi) is 4.72. The van der Waals surface area contributed by atoms with Crippen LogP contribution in [0.5, 0.6) is 0 Å². The summed E-state index contributed by atoms with van der Waals surface area (Å²) in [6, 6.07) is 0. The molecule has 0 aliphatic heterocycles. The first kappa shape index (κ1) is 13.6. The summed E-state index contributed by atoms with van der Waals surface area (Å²) in [5.74, 6) is 0. The lowest BCUT2D eigenvalue weighted by atomic mass is 9.97. The summed E-state index contributed by atoms with van der Waals surface area (Å²) in [5, 5.41) is 0. The minimum Gasteiger partial charge on any atom is -0.234 e. The van der Waals surface area contributed by atoms with Crippen molar-refractivity contribution < 1.29 is 4.21 Å². The monoisotopic (exact) mass is 215 g/mol. The summed E-state index contributed by atoms with van der Waals surface area (Å²) >= 11 is 0. The molecule has 0 saturated heterocycles. The van der Waals surface area contributed by atoms with Gasteiger partial charge in [0.05, 0.1) is 4.75 Å². The molecule has 0 saturated carbocycles. The van der Waals surface area contributed by atoms with E-state index >= 15 is 0 Å². The maximum absolute atomic E-state index is 11.5. The van der Waals surface area contributed by atoms with Gasteiger partial charge in [0.25, 0.3) is 0 Å². The van der Waals surface area contributed by atoms with Gasteiger partial charge in [0, 0.05) is 6.21 Å². The first-order chi connectivity index (χ1) is 6.13. The average Bonchev–Trinajstić information content (AvgIpc) is 1.93. The summed E-state index contributed by atoms with van der Waals surface area (Å²) in [6.07, 6.45) is 5.51. The lowest BCUT2D eigenvalue weighted by molar-refractivity contribution is 0.545. The summed E-state index contributed by atoms with van der Waals surface area (Å²) in [4.78, 5) is 0. The summed E-state index contributed by atoms with van der Waals surface area (Å²) in [7, 11) is -1.15. The lowest BCUT2D eigenvalue weighted by Crippen LogP contribution is -2.19. The largest absolute Gasteiger partial charge is 0.234 e. The van der Waals surface area contributed by atoms with Gasteiger partial charge in [-0.15, -0.1) is 0 Å². The second kappa shape index (κ2) is 4.87. The van der Waals surface area contributed by atoms with Gasteiger partial charge in [0.1, 0.15) is 11.0 Å². The normalized spacial score (nSPS) is 16.7. The van der Waals surface area contributed by atoms with Crippen LogP contribution in [-0.4, -0.2) is 15.2 Å². The molecule has 0 aliphatic rings. The molecule has 14 heavy (non-hydrogen) atoms. The van der Waals surface area contributed by atoms with E-state index in [1.807, 2.05) is 32.9 Å². The van der Waals surface area contributed by atoms with Gasteiger partial charge < -0.3 is 0 Å². The van der Waals surface area contributed by atoms with Crippen LogP contribution in [-0.2, 0) is 11.0 Å². The molecule has 1 atom stereocenters. The second-order valence-electron chi connectivity index (χ2n) is 5.34. The molecule has 82 valence electrons. The predicted molar refractivity (Wildman–Crippen MR) is 65.0 cm³/mol. The van der Waals surface area contributed by atoms with E-state index in [9.17, 15) is 4.21 Å². The topological polar surface area (TPSA) is 29.4 Å². The van der Waals surface area contributed by atoms with Crippen LogP contribution in [0.2, 0.25) is 0 Å². The highest BCUT2D eigenvalue weighted by Gasteiger charge is 2.17. The fraction of sp³-hybridized carbons (Fsp3) is 0.727. The van der Waals surface area contributed by atoms with Crippen LogP contribution in [0.15, 0.2) is 16.5 Å². The molecule has 3 heteroatoms. The zero-order chi connectivity index (χ0) is 11.4. The van der Waals surface area contributed by atoms with Crippen molar-refractivity contribution in [3.63, 3.8) is 0 Å². The minimum atomic E-state index is -1.15. The van der Waals surface area contributed by atoms with E-state index in [4.69, 9.17) is 0 Å².